The van der Waals surface area contributed by atoms with Crippen LogP contribution in [-0.4, -0.2) is 55.4 Å². The minimum Gasteiger partial charge on any atom is -0.495 e. The fourth-order valence-electron chi connectivity index (χ4n) is 3.18. The molecule has 31 heavy (non-hydrogen) atoms. The molecule has 0 saturated carbocycles. The van der Waals surface area contributed by atoms with E-state index >= 15 is 0 Å². The van der Waals surface area contributed by atoms with Crippen molar-refractivity contribution in [1.82, 2.24) is 5.32 Å². The predicted octanol–water partition coefficient (Wildman–Crippen LogP) is 3.06. The summed E-state index contributed by atoms with van der Waals surface area (Å²) < 4.78 is 66.9. The average molecular weight is 478 g/mol. The van der Waals surface area contributed by atoms with Crippen molar-refractivity contribution in [1.29, 1.82) is 0 Å². The molecule has 1 aliphatic heterocycles. The van der Waals surface area contributed by atoms with Gasteiger partial charge in [-0.1, -0.05) is 0 Å². The number of anilines is 2. The van der Waals surface area contributed by atoms with Crippen molar-refractivity contribution in [2.75, 3.05) is 49.1 Å². The summed E-state index contributed by atoms with van der Waals surface area (Å²) in [5, 5.41) is 3.23. The summed E-state index contributed by atoms with van der Waals surface area (Å²) in [7, 11) is -1.45. The molecule has 0 unspecified atom stereocenters. The zero-order valence-electron chi connectivity index (χ0n) is 16.8. The van der Waals surface area contributed by atoms with E-state index in [0.29, 0.717) is 28.4 Å². The first kappa shape index (κ1) is 23.2. The molecular formula is C19H22ClF2N3O5S. The number of sulfonamides is 1. The lowest BCUT2D eigenvalue weighted by molar-refractivity contribution is -0.0511. The Morgan fingerprint density at radius 1 is 1.03 bits per heavy atom. The minimum absolute atomic E-state index is 0.0111. The van der Waals surface area contributed by atoms with E-state index in [1.807, 2.05) is 4.90 Å². The highest BCUT2D eigenvalue weighted by Gasteiger charge is 2.27. The van der Waals surface area contributed by atoms with E-state index in [9.17, 15) is 17.2 Å². The maximum atomic E-state index is 13.2. The summed E-state index contributed by atoms with van der Waals surface area (Å²) in [5.41, 5.74) is 0.532. The van der Waals surface area contributed by atoms with E-state index in [-0.39, 0.29) is 22.1 Å². The van der Waals surface area contributed by atoms with Gasteiger partial charge in [-0.25, -0.2) is 0 Å². The molecule has 170 valence electrons. The van der Waals surface area contributed by atoms with Crippen molar-refractivity contribution >= 4 is 33.2 Å². The average Bonchev–Trinajstić information content (AvgIpc) is 2.78. The van der Waals surface area contributed by atoms with E-state index in [1.165, 1.54) is 38.5 Å². The SMILES string of the molecule is COc1ccc(N(Cl)S(=O)(=O)c2ccc(OC)c(N3CCNCC3)c2)cc1OC(F)F. The summed E-state index contributed by atoms with van der Waals surface area (Å²) in [6.07, 6.45) is 0. The van der Waals surface area contributed by atoms with E-state index in [1.54, 1.807) is 6.07 Å². The maximum absolute atomic E-state index is 13.2. The molecular weight excluding hydrogens is 456 g/mol. The first-order valence-electron chi connectivity index (χ1n) is 9.25. The van der Waals surface area contributed by atoms with E-state index in [4.69, 9.17) is 21.3 Å². The van der Waals surface area contributed by atoms with Crippen LogP contribution in [0.25, 0.3) is 0 Å². The number of rotatable bonds is 8. The third-order valence-electron chi connectivity index (χ3n) is 4.68. The second-order valence-corrected chi connectivity index (χ2v) is 8.83. The number of benzene rings is 2. The molecule has 3 rings (SSSR count). The lowest BCUT2D eigenvalue weighted by Gasteiger charge is -2.31. The molecule has 8 nitrogen and oxygen atoms in total. The van der Waals surface area contributed by atoms with Gasteiger partial charge in [0, 0.05) is 44.0 Å². The van der Waals surface area contributed by atoms with Gasteiger partial charge in [0.25, 0.3) is 10.0 Å². The summed E-state index contributed by atoms with van der Waals surface area (Å²) in [5.74, 6) is 0.197. The molecule has 1 N–H and O–H groups in total. The van der Waals surface area contributed by atoms with Crippen LogP contribution in [-0.2, 0) is 10.0 Å². The Bertz CT molecular complexity index is 1020. The molecule has 0 spiro atoms. The number of ether oxygens (including phenoxy) is 3. The van der Waals surface area contributed by atoms with Gasteiger partial charge in [-0.2, -0.15) is 21.0 Å². The fraction of sp³-hybridized carbons (Fsp3) is 0.368. The molecule has 0 aliphatic carbocycles. The van der Waals surface area contributed by atoms with Crippen molar-refractivity contribution < 1.29 is 31.4 Å². The van der Waals surface area contributed by atoms with Crippen LogP contribution in [0, 0.1) is 0 Å². The molecule has 1 saturated heterocycles. The Balaban J connectivity index is 1.97. The maximum Gasteiger partial charge on any atom is 0.387 e. The van der Waals surface area contributed by atoms with E-state index < -0.39 is 16.6 Å². The number of hydrogen-bond donors (Lipinski definition) is 1. The van der Waals surface area contributed by atoms with Crippen LogP contribution < -0.4 is 28.3 Å². The van der Waals surface area contributed by atoms with Gasteiger partial charge < -0.3 is 24.4 Å². The Hall–Kier alpha value is -2.50. The highest BCUT2D eigenvalue weighted by Crippen LogP contribution is 2.37. The van der Waals surface area contributed by atoms with Gasteiger partial charge in [0.2, 0.25) is 0 Å². The molecule has 1 fully saturated rings. The van der Waals surface area contributed by atoms with Gasteiger partial charge in [-0.05, 0) is 30.3 Å². The third-order valence-corrected chi connectivity index (χ3v) is 6.91. The van der Waals surface area contributed by atoms with Crippen LogP contribution in [0.2, 0.25) is 0 Å². The van der Waals surface area contributed by atoms with Gasteiger partial charge in [0.1, 0.15) is 5.75 Å². The van der Waals surface area contributed by atoms with Gasteiger partial charge in [-0.3, -0.25) is 0 Å². The van der Waals surface area contributed by atoms with Crippen LogP contribution in [0.1, 0.15) is 0 Å². The minimum atomic E-state index is -4.23. The Morgan fingerprint density at radius 2 is 1.68 bits per heavy atom. The van der Waals surface area contributed by atoms with E-state index in [0.717, 1.165) is 19.2 Å². The fourth-order valence-corrected chi connectivity index (χ4v) is 4.60. The Morgan fingerprint density at radius 3 is 2.29 bits per heavy atom. The molecule has 0 amide bonds. The third kappa shape index (κ3) is 5.05. The second-order valence-electron chi connectivity index (χ2n) is 6.50. The van der Waals surface area contributed by atoms with Gasteiger partial charge in [0.05, 0.1) is 30.5 Å². The number of nitrogens with zero attached hydrogens (tertiary/aromatic N) is 2. The first-order valence-corrected chi connectivity index (χ1v) is 11.0. The van der Waals surface area contributed by atoms with Crippen LogP contribution >= 0.6 is 11.8 Å². The molecule has 0 bridgehead atoms. The molecule has 2 aromatic rings. The summed E-state index contributed by atoms with van der Waals surface area (Å²) in [6, 6.07) is 8.08. The van der Waals surface area contributed by atoms with Crippen molar-refractivity contribution in [3.8, 4) is 17.2 Å². The topological polar surface area (TPSA) is 80.3 Å². The summed E-state index contributed by atoms with van der Waals surface area (Å²) in [6.45, 7) is -0.261. The smallest absolute Gasteiger partial charge is 0.387 e. The second kappa shape index (κ2) is 9.75. The zero-order chi connectivity index (χ0) is 22.6. The van der Waals surface area contributed by atoms with E-state index in [2.05, 4.69) is 10.1 Å². The van der Waals surface area contributed by atoms with Gasteiger partial charge >= 0.3 is 6.61 Å². The predicted molar refractivity (Wildman–Crippen MR) is 113 cm³/mol. The van der Waals surface area contributed by atoms with Gasteiger partial charge in [0.15, 0.2) is 11.5 Å². The van der Waals surface area contributed by atoms with Crippen molar-refractivity contribution in [3.05, 3.63) is 36.4 Å². The molecule has 0 atom stereocenters. The number of piperazine rings is 1. The summed E-state index contributed by atoms with van der Waals surface area (Å²) >= 11 is 6.15. The monoisotopic (exact) mass is 477 g/mol. The molecule has 0 radical (unpaired) electrons. The Labute approximate surface area is 184 Å². The molecule has 2 aromatic carbocycles. The number of alkyl halides is 2. The molecule has 0 aromatic heterocycles. The number of halogens is 3. The molecule has 1 aliphatic rings. The largest absolute Gasteiger partial charge is 0.495 e. The standard InChI is InChI=1S/C19H22ClF2N3O5S/c1-28-16-6-4-14(12-15(16)24-9-7-23-8-10-24)31(26,27)25(20)13-3-5-17(29-2)18(11-13)30-19(21)22/h3-6,11-12,19,23H,7-10H2,1-2H3. The highest BCUT2D eigenvalue weighted by atomic mass is 35.5. The zero-order valence-corrected chi connectivity index (χ0v) is 18.4. The van der Waals surface area contributed by atoms with Crippen LogP contribution in [0.4, 0.5) is 20.2 Å². The highest BCUT2D eigenvalue weighted by molar-refractivity contribution is 7.94. The van der Waals surface area contributed by atoms with Gasteiger partial charge in [-0.15, -0.1) is 0 Å². The number of hydrogen-bond acceptors (Lipinski definition) is 7. The lowest BCUT2D eigenvalue weighted by Crippen LogP contribution is -2.43. The number of nitrogens with one attached hydrogen (secondary N) is 1. The summed E-state index contributed by atoms with van der Waals surface area (Å²) in [4.78, 5) is 1.93. The van der Waals surface area contributed by atoms with Crippen LogP contribution in [0.5, 0.6) is 17.2 Å². The van der Waals surface area contributed by atoms with Crippen molar-refractivity contribution in [2.45, 2.75) is 11.5 Å². The quantitative estimate of drug-likeness (QED) is 0.585. The van der Waals surface area contributed by atoms with Crippen LogP contribution in [0.15, 0.2) is 41.3 Å². The Kier molecular flexibility index (Phi) is 7.29. The first-order chi connectivity index (χ1) is 14.8. The van der Waals surface area contributed by atoms with Crippen molar-refractivity contribution in [3.63, 3.8) is 0 Å². The molecule has 12 heteroatoms. The van der Waals surface area contributed by atoms with Crippen LogP contribution in [0.3, 0.4) is 0 Å². The molecule has 1 heterocycles. The lowest BCUT2D eigenvalue weighted by atomic mass is 10.2. The number of methoxy groups -OCH3 is 2. The normalized spacial score (nSPS) is 14.5. The van der Waals surface area contributed by atoms with Crippen molar-refractivity contribution in [2.24, 2.45) is 0 Å².